The maximum Gasteiger partial charge on any atom is 0.410 e. The third-order valence-electron chi connectivity index (χ3n) is 5.69. The number of Topliss-reactive ketones (excluding diaryl/α,β-unsaturated/α-hetero) is 1. The molecule has 2 aromatic rings. The van der Waals surface area contributed by atoms with Crippen molar-refractivity contribution in [1.29, 1.82) is 0 Å². The first kappa shape index (κ1) is 19.6. The van der Waals surface area contributed by atoms with Crippen LogP contribution in [0.15, 0.2) is 48.5 Å². The van der Waals surface area contributed by atoms with Gasteiger partial charge in [0.15, 0.2) is 5.78 Å². The van der Waals surface area contributed by atoms with Gasteiger partial charge in [0, 0.05) is 5.92 Å². The number of benzene rings is 2. The van der Waals surface area contributed by atoms with E-state index in [4.69, 9.17) is 9.47 Å². The van der Waals surface area contributed by atoms with Gasteiger partial charge >= 0.3 is 6.09 Å². The molecule has 2 aliphatic rings. The Morgan fingerprint density at radius 1 is 1.10 bits per heavy atom. The van der Waals surface area contributed by atoms with Gasteiger partial charge in [-0.2, -0.15) is 0 Å². The van der Waals surface area contributed by atoms with Crippen LogP contribution in [-0.4, -0.2) is 42.1 Å². The number of carbonyl (C=O) groups is 2. The topological polar surface area (TPSA) is 55.8 Å². The molecule has 29 heavy (non-hydrogen) atoms. The lowest BCUT2D eigenvalue weighted by molar-refractivity contribution is -0.0755. The first-order valence-electron chi connectivity index (χ1n) is 9.90. The number of morpholine rings is 1. The fraction of sp³-hybridized carbons (Fsp3) is 0.391. The minimum Gasteiger partial charge on any atom is -0.445 e. The molecule has 0 aliphatic carbocycles. The van der Waals surface area contributed by atoms with Crippen molar-refractivity contribution in [3.63, 3.8) is 0 Å². The number of nitrogens with zero attached hydrogens (tertiary/aromatic N) is 1. The summed E-state index contributed by atoms with van der Waals surface area (Å²) in [6.07, 6.45) is 0.506. The van der Waals surface area contributed by atoms with Crippen molar-refractivity contribution in [2.24, 2.45) is 5.92 Å². The van der Waals surface area contributed by atoms with Crippen molar-refractivity contribution in [1.82, 2.24) is 4.90 Å². The molecule has 0 spiro atoms. The van der Waals surface area contributed by atoms with Crippen LogP contribution in [0.5, 0.6) is 0 Å². The second-order valence-corrected chi connectivity index (χ2v) is 7.81. The van der Waals surface area contributed by atoms with E-state index in [1.54, 1.807) is 17.0 Å². The van der Waals surface area contributed by atoms with E-state index >= 15 is 0 Å². The van der Waals surface area contributed by atoms with Gasteiger partial charge in [-0.25, -0.2) is 9.18 Å². The molecule has 0 aromatic heterocycles. The summed E-state index contributed by atoms with van der Waals surface area (Å²) in [6.45, 7) is 2.76. The first-order valence-corrected chi connectivity index (χ1v) is 9.90. The Morgan fingerprint density at radius 2 is 1.79 bits per heavy atom. The zero-order valence-electron chi connectivity index (χ0n) is 16.3. The summed E-state index contributed by atoms with van der Waals surface area (Å²) in [4.78, 5) is 27.4. The van der Waals surface area contributed by atoms with Gasteiger partial charge in [0.05, 0.1) is 30.9 Å². The minimum atomic E-state index is -0.494. The van der Waals surface area contributed by atoms with E-state index in [0.29, 0.717) is 26.1 Å². The normalized spacial score (nSPS) is 23.5. The van der Waals surface area contributed by atoms with E-state index < -0.39 is 5.82 Å². The maximum absolute atomic E-state index is 14.2. The number of aryl methyl sites for hydroxylation is 1. The molecular formula is C23H24FNO4. The quantitative estimate of drug-likeness (QED) is 0.728. The van der Waals surface area contributed by atoms with Crippen molar-refractivity contribution in [3.05, 3.63) is 71.0 Å². The summed E-state index contributed by atoms with van der Waals surface area (Å²) in [7, 11) is 0. The van der Waals surface area contributed by atoms with E-state index in [2.05, 4.69) is 0 Å². The van der Waals surface area contributed by atoms with Gasteiger partial charge in [-0.1, -0.05) is 42.0 Å². The fourth-order valence-corrected chi connectivity index (χ4v) is 4.27. The van der Waals surface area contributed by atoms with Crippen LogP contribution >= 0.6 is 0 Å². The molecule has 0 radical (unpaired) electrons. The summed E-state index contributed by atoms with van der Waals surface area (Å²) in [5, 5.41) is 0. The number of ketones is 1. The van der Waals surface area contributed by atoms with E-state index in [1.807, 2.05) is 37.3 Å². The predicted octanol–water partition coefficient (Wildman–Crippen LogP) is 4.13. The molecule has 2 fully saturated rings. The number of piperidine rings is 1. The van der Waals surface area contributed by atoms with E-state index in [1.165, 1.54) is 6.07 Å². The number of hydrogen-bond donors (Lipinski definition) is 0. The lowest BCUT2D eigenvalue weighted by Gasteiger charge is -2.47. The highest BCUT2D eigenvalue weighted by atomic mass is 19.1. The monoisotopic (exact) mass is 397 g/mol. The number of halogens is 1. The van der Waals surface area contributed by atoms with Crippen LogP contribution in [0.3, 0.4) is 0 Å². The Kier molecular flexibility index (Phi) is 5.62. The Morgan fingerprint density at radius 3 is 2.48 bits per heavy atom. The molecule has 2 heterocycles. The number of amides is 1. The fourth-order valence-electron chi connectivity index (χ4n) is 4.27. The molecule has 0 saturated carbocycles. The van der Waals surface area contributed by atoms with Crippen LogP contribution in [0.25, 0.3) is 0 Å². The van der Waals surface area contributed by atoms with Gasteiger partial charge < -0.3 is 9.47 Å². The van der Waals surface area contributed by atoms with Crippen molar-refractivity contribution in [2.75, 3.05) is 13.2 Å². The van der Waals surface area contributed by atoms with Crippen molar-refractivity contribution < 1.29 is 23.5 Å². The van der Waals surface area contributed by atoms with Crippen LogP contribution in [-0.2, 0) is 16.1 Å². The molecule has 6 heteroatoms. The molecule has 2 aromatic carbocycles. The van der Waals surface area contributed by atoms with Gasteiger partial charge in [0.25, 0.3) is 0 Å². The number of hydrogen-bond acceptors (Lipinski definition) is 4. The molecule has 2 atom stereocenters. The summed E-state index contributed by atoms with van der Waals surface area (Å²) in [5.41, 5.74) is 1.90. The zero-order valence-corrected chi connectivity index (χ0v) is 16.3. The Bertz CT molecular complexity index is 887. The largest absolute Gasteiger partial charge is 0.445 e. The third-order valence-corrected chi connectivity index (χ3v) is 5.69. The molecule has 152 valence electrons. The lowest BCUT2D eigenvalue weighted by atomic mass is 9.80. The van der Waals surface area contributed by atoms with Gasteiger partial charge in [-0.3, -0.25) is 9.69 Å². The summed E-state index contributed by atoms with van der Waals surface area (Å²) in [5.74, 6) is -1.02. The van der Waals surface area contributed by atoms with Crippen molar-refractivity contribution in [3.8, 4) is 0 Å². The Balaban J connectivity index is 1.45. The summed E-state index contributed by atoms with van der Waals surface area (Å²) in [6, 6.07) is 13.6. The highest BCUT2D eigenvalue weighted by molar-refractivity contribution is 5.98. The Hall–Kier alpha value is -2.73. The molecule has 0 N–H and O–H groups in total. The lowest BCUT2D eigenvalue weighted by Crippen LogP contribution is -2.60. The molecule has 2 aliphatic heterocycles. The summed E-state index contributed by atoms with van der Waals surface area (Å²) < 4.78 is 25.3. The summed E-state index contributed by atoms with van der Waals surface area (Å²) >= 11 is 0. The molecule has 1 amide bonds. The SMILES string of the molecule is Cc1ccc(F)c(C(=O)C2CC3COCC(C2)N3C(=O)OCc2ccccc2)c1. The van der Waals surface area contributed by atoms with Crippen LogP contribution in [0.1, 0.15) is 34.3 Å². The minimum absolute atomic E-state index is 0.133. The zero-order chi connectivity index (χ0) is 20.4. The molecule has 5 nitrogen and oxygen atoms in total. The molecular weight excluding hydrogens is 373 g/mol. The van der Waals surface area contributed by atoms with E-state index in [-0.39, 0.29) is 42.0 Å². The van der Waals surface area contributed by atoms with E-state index in [9.17, 15) is 14.0 Å². The first-order chi connectivity index (χ1) is 14.0. The molecule has 4 rings (SSSR count). The van der Waals surface area contributed by atoms with Crippen LogP contribution < -0.4 is 0 Å². The highest BCUT2D eigenvalue weighted by Gasteiger charge is 2.44. The van der Waals surface area contributed by atoms with Crippen molar-refractivity contribution >= 4 is 11.9 Å². The molecule has 2 bridgehead atoms. The number of fused-ring (bicyclic) bond motifs is 2. The molecule has 2 saturated heterocycles. The third kappa shape index (κ3) is 4.17. The standard InChI is InChI=1S/C23H24FNO4/c1-15-7-8-21(24)20(9-15)22(26)17-10-18-13-28-14-19(11-17)25(18)23(27)29-12-16-5-3-2-4-6-16/h2-9,17-19H,10-14H2,1H3. The number of carbonyl (C=O) groups excluding carboxylic acids is 2. The van der Waals surface area contributed by atoms with Gasteiger partial charge in [0.2, 0.25) is 0 Å². The smallest absolute Gasteiger partial charge is 0.410 e. The van der Waals surface area contributed by atoms with Crippen LogP contribution in [0.4, 0.5) is 9.18 Å². The molecule has 2 unspecified atom stereocenters. The number of rotatable bonds is 4. The second kappa shape index (κ2) is 8.33. The highest BCUT2D eigenvalue weighted by Crippen LogP contribution is 2.34. The second-order valence-electron chi connectivity index (χ2n) is 7.81. The maximum atomic E-state index is 14.2. The van der Waals surface area contributed by atoms with Gasteiger partial charge in [0.1, 0.15) is 12.4 Å². The average Bonchev–Trinajstić information content (AvgIpc) is 2.73. The van der Waals surface area contributed by atoms with Crippen molar-refractivity contribution in [2.45, 2.75) is 38.5 Å². The van der Waals surface area contributed by atoms with Crippen LogP contribution in [0, 0.1) is 18.7 Å². The van der Waals surface area contributed by atoms with Crippen LogP contribution in [0.2, 0.25) is 0 Å². The average molecular weight is 397 g/mol. The van der Waals surface area contributed by atoms with Gasteiger partial charge in [-0.15, -0.1) is 0 Å². The predicted molar refractivity (Wildman–Crippen MR) is 105 cm³/mol. The van der Waals surface area contributed by atoms with E-state index in [0.717, 1.165) is 11.1 Å². The van der Waals surface area contributed by atoms with Gasteiger partial charge in [-0.05, 0) is 37.5 Å². The number of ether oxygens (including phenoxy) is 2. The Labute approximate surface area is 169 Å².